The maximum absolute atomic E-state index is 13.5. The molecule has 0 unspecified atom stereocenters. The lowest BCUT2D eigenvalue weighted by Gasteiger charge is -2.36. The van der Waals surface area contributed by atoms with Crippen LogP contribution < -0.4 is 9.80 Å². The molecule has 0 aliphatic carbocycles. The lowest BCUT2D eigenvalue weighted by molar-refractivity contribution is 0.507. The van der Waals surface area contributed by atoms with Gasteiger partial charge in [0, 0.05) is 30.9 Å². The van der Waals surface area contributed by atoms with Crippen LogP contribution in [-0.2, 0) is 0 Å². The van der Waals surface area contributed by atoms with Crippen molar-refractivity contribution in [3.8, 4) is 0 Å². The van der Waals surface area contributed by atoms with Crippen LogP contribution in [-0.4, -0.2) is 43.9 Å². The van der Waals surface area contributed by atoms with Gasteiger partial charge in [0.15, 0.2) is 28.6 Å². The van der Waals surface area contributed by atoms with Gasteiger partial charge in [-0.15, -0.1) is 0 Å². The minimum absolute atomic E-state index is 0.247. The third-order valence-corrected chi connectivity index (χ3v) is 5.31. The minimum Gasteiger partial charge on any atom is -0.365 e. The van der Waals surface area contributed by atoms with Gasteiger partial charge in [-0.1, -0.05) is 0 Å². The SMILES string of the molecule is Fc1ccc(N2C[C@@H]3C[C@H]2CN3c2ncnc3nsnc23)cc1F. The molecule has 2 aliphatic rings. The number of hydrogen-bond acceptors (Lipinski definition) is 7. The molecule has 24 heavy (non-hydrogen) atoms. The number of benzene rings is 1. The van der Waals surface area contributed by atoms with Crippen molar-refractivity contribution in [2.45, 2.75) is 18.5 Å². The van der Waals surface area contributed by atoms with Crippen molar-refractivity contribution in [1.29, 1.82) is 0 Å². The van der Waals surface area contributed by atoms with Gasteiger partial charge in [0.25, 0.3) is 0 Å². The standard InChI is InChI=1S/C15H12F2N6S/c16-11-2-1-8(4-12(11)17)22-5-10-3-9(22)6-23(10)15-13-14(18-7-19-15)21-24-20-13/h1-2,4,7,9-10H,3,5-6H2/t9-,10-/m0/s1. The monoisotopic (exact) mass is 346 g/mol. The van der Waals surface area contributed by atoms with Gasteiger partial charge in [0.05, 0.1) is 17.8 Å². The van der Waals surface area contributed by atoms with Gasteiger partial charge in [-0.3, -0.25) is 0 Å². The lowest BCUT2D eigenvalue weighted by atomic mass is 10.2. The molecule has 2 aliphatic heterocycles. The quantitative estimate of drug-likeness (QED) is 0.709. The van der Waals surface area contributed by atoms with Crippen LogP contribution >= 0.6 is 11.7 Å². The average Bonchev–Trinajstić information content (AvgIpc) is 3.31. The molecule has 2 fully saturated rings. The van der Waals surface area contributed by atoms with Crippen molar-refractivity contribution in [2.24, 2.45) is 0 Å². The number of anilines is 2. The Labute approximate surface area is 140 Å². The first kappa shape index (κ1) is 14.0. The predicted octanol–water partition coefficient (Wildman–Crippen LogP) is 2.23. The highest BCUT2D eigenvalue weighted by Crippen LogP contribution is 2.38. The van der Waals surface area contributed by atoms with E-state index < -0.39 is 11.6 Å². The molecular weight excluding hydrogens is 334 g/mol. The zero-order valence-corrected chi connectivity index (χ0v) is 13.2. The van der Waals surface area contributed by atoms with Gasteiger partial charge < -0.3 is 9.80 Å². The summed E-state index contributed by atoms with van der Waals surface area (Å²) >= 11 is 1.13. The van der Waals surface area contributed by atoms with E-state index in [9.17, 15) is 8.78 Å². The summed E-state index contributed by atoms with van der Waals surface area (Å²) in [5.74, 6) is -0.812. The zero-order chi connectivity index (χ0) is 16.3. The minimum atomic E-state index is -0.816. The summed E-state index contributed by atoms with van der Waals surface area (Å²) < 4.78 is 35.1. The largest absolute Gasteiger partial charge is 0.365 e. The number of aromatic nitrogens is 4. The highest BCUT2D eigenvalue weighted by Gasteiger charge is 2.44. The van der Waals surface area contributed by atoms with Crippen LogP contribution in [0.25, 0.3) is 11.2 Å². The second-order valence-electron chi connectivity index (χ2n) is 6.08. The number of piperazine rings is 1. The van der Waals surface area contributed by atoms with Gasteiger partial charge in [0.1, 0.15) is 6.33 Å². The fourth-order valence-electron chi connectivity index (χ4n) is 3.73. The molecular formula is C15H12F2N6S. The van der Waals surface area contributed by atoms with Gasteiger partial charge >= 0.3 is 0 Å². The van der Waals surface area contributed by atoms with Crippen LogP contribution in [0.5, 0.6) is 0 Å². The van der Waals surface area contributed by atoms with Crippen LogP contribution in [0.3, 0.4) is 0 Å². The second-order valence-corrected chi connectivity index (χ2v) is 6.61. The Morgan fingerprint density at radius 2 is 1.83 bits per heavy atom. The van der Waals surface area contributed by atoms with E-state index in [1.54, 1.807) is 6.07 Å². The van der Waals surface area contributed by atoms with E-state index in [1.165, 1.54) is 18.5 Å². The second kappa shape index (κ2) is 5.04. The first-order chi connectivity index (χ1) is 11.7. The maximum Gasteiger partial charge on any atom is 0.198 e. The average molecular weight is 346 g/mol. The van der Waals surface area contributed by atoms with Crippen LogP contribution in [0.1, 0.15) is 6.42 Å². The molecule has 122 valence electrons. The molecule has 6 nitrogen and oxygen atoms in total. The lowest BCUT2D eigenvalue weighted by Crippen LogP contribution is -2.47. The zero-order valence-electron chi connectivity index (χ0n) is 12.4. The maximum atomic E-state index is 13.5. The number of halogens is 2. The highest BCUT2D eigenvalue weighted by molar-refractivity contribution is 7.00. The van der Waals surface area contributed by atoms with E-state index in [0.29, 0.717) is 5.65 Å². The summed E-state index contributed by atoms with van der Waals surface area (Å²) in [7, 11) is 0. The molecule has 3 aromatic rings. The molecule has 1 aromatic carbocycles. The van der Waals surface area contributed by atoms with Gasteiger partial charge in [-0.05, 0) is 18.6 Å². The summed E-state index contributed by atoms with van der Waals surface area (Å²) in [4.78, 5) is 12.9. The van der Waals surface area contributed by atoms with Crippen LogP contribution in [0.15, 0.2) is 24.5 Å². The smallest absolute Gasteiger partial charge is 0.198 e. The number of fused-ring (bicyclic) bond motifs is 3. The highest BCUT2D eigenvalue weighted by atomic mass is 32.1. The molecule has 9 heteroatoms. The Morgan fingerprint density at radius 1 is 1.00 bits per heavy atom. The first-order valence-corrected chi connectivity index (χ1v) is 8.35. The van der Waals surface area contributed by atoms with E-state index in [4.69, 9.17) is 0 Å². The Hall–Kier alpha value is -2.42. The van der Waals surface area contributed by atoms with E-state index in [1.807, 2.05) is 0 Å². The van der Waals surface area contributed by atoms with Gasteiger partial charge in [-0.2, -0.15) is 8.75 Å². The van der Waals surface area contributed by atoms with Crippen molar-refractivity contribution in [3.63, 3.8) is 0 Å². The molecule has 0 amide bonds. The van der Waals surface area contributed by atoms with Crippen LogP contribution in [0.4, 0.5) is 20.3 Å². The Balaban J connectivity index is 1.44. The molecule has 2 saturated heterocycles. The van der Waals surface area contributed by atoms with Crippen LogP contribution in [0, 0.1) is 11.6 Å². The van der Waals surface area contributed by atoms with Crippen molar-refractivity contribution in [1.82, 2.24) is 18.7 Å². The molecule has 0 N–H and O–H groups in total. The molecule has 0 spiro atoms. The molecule has 4 heterocycles. The normalized spacial score (nSPS) is 22.8. The van der Waals surface area contributed by atoms with E-state index in [0.717, 1.165) is 48.3 Å². The fourth-order valence-corrected chi connectivity index (χ4v) is 4.22. The summed E-state index contributed by atoms with van der Waals surface area (Å²) in [6.07, 6.45) is 2.47. The van der Waals surface area contributed by atoms with Crippen molar-refractivity contribution in [3.05, 3.63) is 36.2 Å². The summed E-state index contributed by atoms with van der Waals surface area (Å²) in [5.41, 5.74) is 2.07. The van der Waals surface area contributed by atoms with Gasteiger partial charge in [0.2, 0.25) is 0 Å². The van der Waals surface area contributed by atoms with E-state index >= 15 is 0 Å². The topological polar surface area (TPSA) is 58.0 Å². The molecule has 0 saturated carbocycles. The third kappa shape index (κ3) is 1.97. The molecule has 5 rings (SSSR count). The molecule has 2 bridgehead atoms. The Morgan fingerprint density at radius 3 is 2.62 bits per heavy atom. The fraction of sp³-hybridized carbons (Fsp3) is 0.333. The number of hydrogen-bond donors (Lipinski definition) is 0. The van der Waals surface area contributed by atoms with Crippen LogP contribution in [0.2, 0.25) is 0 Å². The van der Waals surface area contributed by atoms with E-state index in [2.05, 4.69) is 28.5 Å². The Kier molecular flexibility index (Phi) is 2.93. The number of rotatable bonds is 2. The summed E-state index contributed by atoms with van der Waals surface area (Å²) in [6, 6.07) is 4.60. The summed E-state index contributed by atoms with van der Waals surface area (Å²) in [5, 5.41) is 0. The van der Waals surface area contributed by atoms with Crippen molar-refractivity contribution < 1.29 is 8.78 Å². The first-order valence-electron chi connectivity index (χ1n) is 7.62. The summed E-state index contributed by atoms with van der Waals surface area (Å²) in [6.45, 7) is 1.52. The Bertz CT molecular complexity index is 931. The molecule has 2 aromatic heterocycles. The predicted molar refractivity (Wildman–Crippen MR) is 86.2 cm³/mol. The van der Waals surface area contributed by atoms with Crippen molar-refractivity contribution in [2.75, 3.05) is 22.9 Å². The van der Waals surface area contributed by atoms with Gasteiger partial charge in [-0.25, -0.2) is 18.7 Å². The van der Waals surface area contributed by atoms with E-state index in [-0.39, 0.29) is 12.1 Å². The molecule has 2 atom stereocenters. The van der Waals surface area contributed by atoms with Crippen molar-refractivity contribution >= 4 is 34.4 Å². The molecule has 0 radical (unpaired) electrons. The third-order valence-electron chi connectivity index (χ3n) is 4.79. The number of nitrogens with zero attached hydrogens (tertiary/aromatic N) is 6.